The molecule has 1 aromatic carbocycles. The number of hydrogen-bond donors (Lipinski definition) is 3. The lowest BCUT2D eigenvalue weighted by atomic mass is 10.1. The molecule has 1 amide bonds. The number of aromatic hydroxyl groups is 1. The standard InChI is InChI=1S/C19H22FN3O7/c1-19(2)29-13-11(7-27-18(26)9-4-3-5-10(20)6-9)28-17(14(13)30-19)23-8-22-12(15(21)24)16(23)25/h3-6,8,11,13-14,17-18,25-26H,7H2,1-2H3,(H2,21,24). The molecule has 10 nitrogen and oxygen atoms in total. The zero-order valence-electron chi connectivity index (χ0n) is 16.3. The number of benzene rings is 1. The van der Waals surface area contributed by atoms with E-state index in [4.69, 9.17) is 24.7 Å². The average molecular weight is 423 g/mol. The molecular weight excluding hydrogens is 401 g/mol. The molecule has 0 bridgehead atoms. The number of halogens is 1. The number of nitrogens with two attached hydrogens (primary N) is 1. The fraction of sp³-hybridized carbons (Fsp3) is 0.474. The summed E-state index contributed by atoms with van der Waals surface area (Å²) in [6, 6.07) is 5.42. The summed E-state index contributed by atoms with van der Waals surface area (Å²) < 4.78 is 37.8. The molecule has 0 saturated carbocycles. The van der Waals surface area contributed by atoms with Crippen LogP contribution < -0.4 is 5.73 Å². The molecule has 2 aliphatic heterocycles. The largest absolute Gasteiger partial charge is 0.493 e. The van der Waals surface area contributed by atoms with Crippen LogP contribution in [0.4, 0.5) is 4.39 Å². The van der Waals surface area contributed by atoms with E-state index in [1.54, 1.807) is 13.8 Å². The van der Waals surface area contributed by atoms with Crippen molar-refractivity contribution in [2.45, 2.75) is 50.5 Å². The third-order valence-corrected chi connectivity index (χ3v) is 4.95. The molecule has 0 spiro atoms. The van der Waals surface area contributed by atoms with Crippen LogP contribution in [0.5, 0.6) is 5.88 Å². The monoisotopic (exact) mass is 423 g/mol. The van der Waals surface area contributed by atoms with Gasteiger partial charge in [0.2, 0.25) is 5.88 Å². The Morgan fingerprint density at radius 2 is 2.13 bits per heavy atom. The van der Waals surface area contributed by atoms with Crippen molar-refractivity contribution in [1.82, 2.24) is 9.55 Å². The van der Waals surface area contributed by atoms with Crippen molar-refractivity contribution in [3.63, 3.8) is 0 Å². The van der Waals surface area contributed by atoms with Gasteiger partial charge in [0.1, 0.15) is 30.5 Å². The molecule has 5 unspecified atom stereocenters. The number of amides is 1. The molecule has 30 heavy (non-hydrogen) atoms. The van der Waals surface area contributed by atoms with Gasteiger partial charge in [0.15, 0.2) is 24.0 Å². The Balaban J connectivity index is 1.52. The van der Waals surface area contributed by atoms with E-state index < -0.39 is 54.2 Å². The number of aliphatic hydroxyl groups is 1. The molecule has 0 radical (unpaired) electrons. The number of primary amides is 1. The summed E-state index contributed by atoms with van der Waals surface area (Å²) >= 11 is 0. The molecule has 11 heteroatoms. The van der Waals surface area contributed by atoms with E-state index >= 15 is 0 Å². The molecule has 2 saturated heterocycles. The van der Waals surface area contributed by atoms with Crippen LogP contribution in [0.3, 0.4) is 0 Å². The second kappa shape index (κ2) is 7.60. The SMILES string of the molecule is CC1(C)OC2C(COC(O)c3cccc(F)c3)OC(n3cnc(C(N)=O)c3O)C2O1. The Hall–Kier alpha value is -2.57. The van der Waals surface area contributed by atoms with Crippen LogP contribution in [-0.2, 0) is 18.9 Å². The molecule has 4 rings (SSSR count). The summed E-state index contributed by atoms with van der Waals surface area (Å²) in [7, 11) is 0. The highest BCUT2D eigenvalue weighted by Gasteiger charge is 2.56. The second-order valence-electron chi connectivity index (χ2n) is 7.56. The van der Waals surface area contributed by atoms with Crippen LogP contribution >= 0.6 is 0 Å². The number of ether oxygens (including phenoxy) is 4. The number of hydrogen-bond acceptors (Lipinski definition) is 8. The van der Waals surface area contributed by atoms with Gasteiger partial charge in [-0.15, -0.1) is 0 Å². The van der Waals surface area contributed by atoms with Crippen molar-refractivity contribution in [1.29, 1.82) is 0 Å². The molecular formula is C19H22FN3O7. The highest BCUT2D eigenvalue weighted by Crippen LogP contribution is 2.44. The second-order valence-corrected chi connectivity index (χ2v) is 7.56. The summed E-state index contributed by atoms with van der Waals surface area (Å²) in [6.45, 7) is 3.35. The Morgan fingerprint density at radius 3 is 2.80 bits per heavy atom. The molecule has 3 heterocycles. The Kier molecular flexibility index (Phi) is 5.24. The molecule has 2 aromatic rings. The fourth-order valence-corrected chi connectivity index (χ4v) is 3.67. The minimum Gasteiger partial charge on any atom is -0.493 e. The normalized spacial score (nSPS) is 28.4. The first kappa shape index (κ1) is 20.7. The van der Waals surface area contributed by atoms with Crippen molar-refractivity contribution >= 4 is 5.91 Å². The van der Waals surface area contributed by atoms with Crippen LogP contribution in [0.25, 0.3) is 0 Å². The van der Waals surface area contributed by atoms with Gasteiger partial charge in [-0.3, -0.25) is 9.36 Å². The summed E-state index contributed by atoms with van der Waals surface area (Å²) in [6.07, 6.45) is -2.97. The number of nitrogens with zero attached hydrogens (tertiary/aromatic N) is 2. The molecule has 2 aliphatic rings. The van der Waals surface area contributed by atoms with E-state index in [2.05, 4.69) is 4.98 Å². The molecule has 5 atom stereocenters. The third kappa shape index (κ3) is 3.77. The summed E-state index contributed by atoms with van der Waals surface area (Å²) in [5, 5.41) is 20.5. The summed E-state index contributed by atoms with van der Waals surface area (Å²) in [4.78, 5) is 15.2. The van der Waals surface area contributed by atoms with Gasteiger partial charge in [0.05, 0.1) is 6.61 Å². The molecule has 4 N–H and O–H groups in total. The smallest absolute Gasteiger partial charge is 0.272 e. The summed E-state index contributed by atoms with van der Waals surface area (Å²) in [5.41, 5.74) is 5.16. The number of imidazole rings is 1. The maximum atomic E-state index is 13.4. The van der Waals surface area contributed by atoms with Crippen molar-refractivity contribution in [2.75, 3.05) is 6.61 Å². The van der Waals surface area contributed by atoms with Crippen LogP contribution in [-0.4, -0.2) is 56.4 Å². The van der Waals surface area contributed by atoms with E-state index in [1.807, 2.05) is 0 Å². The first-order valence-electron chi connectivity index (χ1n) is 9.28. The van der Waals surface area contributed by atoms with Gasteiger partial charge in [-0.1, -0.05) is 12.1 Å². The first-order valence-corrected chi connectivity index (χ1v) is 9.28. The first-order chi connectivity index (χ1) is 14.2. The van der Waals surface area contributed by atoms with E-state index in [0.29, 0.717) is 0 Å². The van der Waals surface area contributed by atoms with E-state index in [9.17, 15) is 19.4 Å². The molecule has 2 fully saturated rings. The van der Waals surface area contributed by atoms with Crippen LogP contribution in [0.2, 0.25) is 0 Å². The van der Waals surface area contributed by atoms with Crippen LogP contribution in [0, 0.1) is 5.82 Å². The van der Waals surface area contributed by atoms with Crippen molar-refractivity contribution < 1.29 is 38.3 Å². The predicted octanol–water partition coefficient (Wildman–Crippen LogP) is 0.952. The van der Waals surface area contributed by atoms with Gasteiger partial charge in [-0.25, -0.2) is 9.37 Å². The Morgan fingerprint density at radius 1 is 1.40 bits per heavy atom. The minimum atomic E-state index is -1.37. The average Bonchev–Trinajstić information content (AvgIpc) is 3.30. The quantitative estimate of drug-likeness (QED) is 0.584. The van der Waals surface area contributed by atoms with Gasteiger partial charge < -0.3 is 34.9 Å². The number of rotatable bonds is 6. The van der Waals surface area contributed by atoms with E-state index in [1.165, 1.54) is 35.2 Å². The number of carbonyl (C=O) groups is 1. The number of aliphatic hydroxyl groups excluding tert-OH is 1. The van der Waals surface area contributed by atoms with Crippen molar-refractivity contribution in [3.05, 3.63) is 47.7 Å². The number of aromatic nitrogens is 2. The van der Waals surface area contributed by atoms with Gasteiger partial charge in [0, 0.05) is 5.56 Å². The molecule has 1 aromatic heterocycles. The van der Waals surface area contributed by atoms with Gasteiger partial charge in [-0.2, -0.15) is 0 Å². The predicted molar refractivity (Wildman–Crippen MR) is 97.5 cm³/mol. The van der Waals surface area contributed by atoms with Gasteiger partial charge in [0.25, 0.3) is 5.91 Å². The number of fused-ring (bicyclic) bond motifs is 1. The van der Waals surface area contributed by atoms with E-state index in [0.717, 1.165) is 0 Å². The lowest BCUT2D eigenvalue weighted by Gasteiger charge is -2.25. The zero-order valence-corrected chi connectivity index (χ0v) is 16.3. The zero-order chi connectivity index (χ0) is 21.6. The van der Waals surface area contributed by atoms with Gasteiger partial charge in [-0.05, 0) is 26.0 Å². The number of carbonyl (C=O) groups excluding carboxylic acids is 1. The molecule has 0 aliphatic carbocycles. The van der Waals surface area contributed by atoms with Gasteiger partial charge >= 0.3 is 0 Å². The minimum absolute atomic E-state index is 0.104. The molecule has 162 valence electrons. The van der Waals surface area contributed by atoms with Crippen molar-refractivity contribution in [2.24, 2.45) is 5.73 Å². The van der Waals surface area contributed by atoms with Crippen LogP contribution in [0.15, 0.2) is 30.6 Å². The Bertz CT molecular complexity index is 950. The van der Waals surface area contributed by atoms with Crippen LogP contribution in [0.1, 0.15) is 42.4 Å². The lowest BCUT2D eigenvalue weighted by Crippen LogP contribution is -2.33. The fourth-order valence-electron chi connectivity index (χ4n) is 3.67. The third-order valence-electron chi connectivity index (χ3n) is 4.95. The lowest BCUT2D eigenvalue weighted by molar-refractivity contribution is -0.211. The maximum absolute atomic E-state index is 13.4. The highest BCUT2D eigenvalue weighted by atomic mass is 19.1. The Labute approximate surface area is 170 Å². The topological polar surface area (TPSA) is 138 Å². The van der Waals surface area contributed by atoms with E-state index in [-0.39, 0.29) is 17.9 Å². The van der Waals surface area contributed by atoms with Crippen molar-refractivity contribution in [3.8, 4) is 5.88 Å². The maximum Gasteiger partial charge on any atom is 0.272 e. The summed E-state index contributed by atoms with van der Waals surface area (Å²) in [5.74, 6) is -2.77. The highest BCUT2D eigenvalue weighted by molar-refractivity contribution is 5.93.